The molecule has 0 aliphatic carbocycles. The van der Waals surface area contributed by atoms with E-state index in [9.17, 15) is 4.79 Å². The van der Waals surface area contributed by atoms with Crippen LogP contribution < -0.4 is 30.2 Å². The van der Waals surface area contributed by atoms with Gasteiger partial charge in [0.2, 0.25) is 5.75 Å². The second-order valence-corrected chi connectivity index (χ2v) is 7.62. The fourth-order valence-electron chi connectivity index (χ4n) is 2.74. The van der Waals surface area contributed by atoms with E-state index in [2.05, 4.69) is 27.9 Å². The highest BCUT2D eigenvalue weighted by Gasteiger charge is 2.20. The summed E-state index contributed by atoms with van der Waals surface area (Å²) in [6, 6.07) is 3.47. The number of ether oxygens (including phenoxy) is 4. The zero-order valence-electron chi connectivity index (χ0n) is 19.3. The van der Waals surface area contributed by atoms with E-state index >= 15 is 0 Å². The predicted molar refractivity (Wildman–Crippen MR) is 119 cm³/mol. The van der Waals surface area contributed by atoms with Crippen molar-refractivity contribution in [2.24, 2.45) is 4.99 Å². The first-order valence-electron chi connectivity index (χ1n) is 9.94. The lowest BCUT2D eigenvalue weighted by molar-refractivity contribution is 0.0502. The molecular formula is C21H36N4O5. The van der Waals surface area contributed by atoms with Gasteiger partial charge in [-0.2, -0.15) is 0 Å². The third-order valence-electron chi connectivity index (χ3n) is 4.02. The third kappa shape index (κ3) is 8.26. The number of nitrogens with one attached hydrogen (secondary N) is 3. The van der Waals surface area contributed by atoms with Crippen LogP contribution in [-0.2, 0) is 4.74 Å². The monoisotopic (exact) mass is 424 g/mol. The topological polar surface area (TPSA) is 102 Å². The quantitative estimate of drug-likeness (QED) is 0.412. The minimum absolute atomic E-state index is 0.108. The molecule has 0 saturated carbocycles. The van der Waals surface area contributed by atoms with Crippen LogP contribution in [0.25, 0.3) is 0 Å². The minimum atomic E-state index is -0.543. The molecule has 0 radical (unpaired) electrons. The van der Waals surface area contributed by atoms with Gasteiger partial charge in [-0.05, 0) is 27.2 Å². The summed E-state index contributed by atoms with van der Waals surface area (Å²) >= 11 is 0. The standard InChI is InChI=1S/C21H36N4O5/c1-9-10-14(25-20(26)30-21(2,3)4)13-23-19(22-5)24-15-11-16(27-6)18(29-8)17(12-15)28-7/h11-12,14H,9-10,13H2,1-8H3,(H,25,26)(H2,22,23,24). The number of alkyl carbamates (subject to hydrolysis) is 1. The summed E-state index contributed by atoms with van der Waals surface area (Å²) in [4.78, 5) is 16.3. The number of amides is 1. The van der Waals surface area contributed by atoms with Gasteiger partial charge in [0.05, 0.1) is 21.3 Å². The van der Waals surface area contributed by atoms with E-state index < -0.39 is 11.7 Å². The average Bonchev–Trinajstić information content (AvgIpc) is 2.68. The summed E-state index contributed by atoms with van der Waals surface area (Å²) < 4.78 is 21.5. The maximum Gasteiger partial charge on any atom is 0.407 e. The van der Waals surface area contributed by atoms with Crippen LogP contribution in [0.5, 0.6) is 17.2 Å². The number of aliphatic imine (C=N–C) groups is 1. The summed E-state index contributed by atoms with van der Waals surface area (Å²) in [5.41, 5.74) is 0.169. The van der Waals surface area contributed by atoms with Crippen LogP contribution in [0, 0.1) is 0 Å². The van der Waals surface area contributed by atoms with Crippen LogP contribution in [0.1, 0.15) is 40.5 Å². The number of hydrogen-bond donors (Lipinski definition) is 3. The number of nitrogens with zero attached hydrogens (tertiary/aromatic N) is 1. The Morgan fingerprint density at radius 3 is 2.13 bits per heavy atom. The molecule has 1 unspecified atom stereocenters. The Balaban J connectivity index is 2.82. The molecule has 9 heteroatoms. The smallest absolute Gasteiger partial charge is 0.407 e. The zero-order chi connectivity index (χ0) is 22.7. The van der Waals surface area contributed by atoms with Crippen LogP contribution in [-0.4, -0.2) is 58.6 Å². The minimum Gasteiger partial charge on any atom is -0.493 e. The zero-order valence-corrected chi connectivity index (χ0v) is 19.3. The molecule has 1 rings (SSSR count). The molecule has 0 fully saturated rings. The van der Waals surface area contributed by atoms with E-state index in [0.29, 0.717) is 35.4 Å². The molecule has 0 aliphatic heterocycles. The number of guanidine groups is 1. The Hall–Kier alpha value is -2.84. The molecule has 0 aromatic heterocycles. The maximum absolute atomic E-state index is 12.1. The number of benzene rings is 1. The molecule has 1 aromatic rings. The molecule has 1 aromatic carbocycles. The van der Waals surface area contributed by atoms with Gasteiger partial charge in [0.1, 0.15) is 5.60 Å². The fraction of sp³-hybridized carbons (Fsp3) is 0.619. The van der Waals surface area contributed by atoms with Crippen LogP contribution in [0.3, 0.4) is 0 Å². The van der Waals surface area contributed by atoms with E-state index in [1.165, 1.54) is 0 Å². The normalized spacial score (nSPS) is 12.6. The van der Waals surface area contributed by atoms with Gasteiger partial charge in [-0.15, -0.1) is 0 Å². The van der Waals surface area contributed by atoms with Gasteiger partial charge < -0.3 is 34.9 Å². The molecule has 0 spiro atoms. The molecule has 1 amide bonds. The lowest BCUT2D eigenvalue weighted by Gasteiger charge is -2.24. The van der Waals surface area contributed by atoms with Gasteiger partial charge in [0, 0.05) is 37.5 Å². The van der Waals surface area contributed by atoms with Gasteiger partial charge in [-0.25, -0.2) is 4.79 Å². The van der Waals surface area contributed by atoms with Crippen LogP contribution in [0.2, 0.25) is 0 Å². The molecule has 30 heavy (non-hydrogen) atoms. The molecule has 0 heterocycles. The largest absolute Gasteiger partial charge is 0.493 e. The highest BCUT2D eigenvalue weighted by atomic mass is 16.6. The van der Waals surface area contributed by atoms with E-state index in [-0.39, 0.29) is 6.04 Å². The van der Waals surface area contributed by atoms with Crippen molar-refractivity contribution < 1.29 is 23.7 Å². The number of anilines is 1. The summed E-state index contributed by atoms with van der Waals surface area (Å²) in [5.74, 6) is 2.12. The lowest BCUT2D eigenvalue weighted by atomic mass is 10.1. The van der Waals surface area contributed by atoms with Crippen molar-refractivity contribution in [1.29, 1.82) is 0 Å². The summed E-state index contributed by atoms with van der Waals surface area (Å²) in [6.07, 6.45) is 1.28. The Kier molecular flexibility index (Phi) is 10.1. The summed E-state index contributed by atoms with van der Waals surface area (Å²) in [7, 11) is 6.35. The predicted octanol–water partition coefficient (Wildman–Crippen LogP) is 3.39. The second-order valence-electron chi connectivity index (χ2n) is 7.62. The van der Waals surface area contributed by atoms with Crippen molar-refractivity contribution in [3.05, 3.63) is 12.1 Å². The van der Waals surface area contributed by atoms with Crippen molar-refractivity contribution in [3.63, 3.8) is 0 Å². The van der Waals surface area contributed by atoms with Gasteiger partial charge in [0.15, 0.2) is 17.5 Å². The van der Waals surface area contributed by atoms with Gasteiger partial charge >= 0.3 is 6.09 Å². The number of rotatable bonds is 9. The molecular weight excluding hydrogens is 388 g/mol. The van der Waals surface area contributed by atoms with Crippen LogP contribution in [0.15, 0.2) is 17.1 Å². The van der Waals surface area contributed by atoms with E-state index in [0.717, 1.165) is 12.8 Å². The van der Waals surface area contributed by atoms with Gasteiger partial charge in [-0.1, -0.05) is 13.3 Å². The average molecular weight is 425 g/mol. The van der Waals surface area contributed by atoms with Crippen LogP contribution >= 0.6 is 0 Å². The van der Waals surface area contributed by atoms with E-state index in [1.54, 1.807) is 40.5 Å². The number of carbonyl (C=O) groups excluding carboxylic acids is 1. The summed E-state index contributed by atoms with van der Waals surface area (Å²) in [6.45, 7) is 8.05. The van der Waals surface area contributed by atoms with Crippen molar-refractivity contribution in [1.82, 2.24) is 10.6 Å². The molecule has 1 atom stereocenters. The van der Waals surface area contributed by atoms with Crippen molar-refractivity contribution in [2.45, 2.75) is 52.2 Å². The Bertz CT molecular complexity index is 691. The third-order valence-corrected chi connectivity index (χ3v) is 4.02. The molecule has 0 bridgehead atoms. The Morgan fingerprint density at radius 2 is 1.70 bits per heavy atom. The Morgan fingerprint density at radius 1 is 1.10 bits per heavy atom. The van der Waals surface area contributed by atoms with Crippen molar-refractivity contribution >= 4 is 17.7 Å². The number of carbonyl (C=O) groups is 1. The first kappa shape index (κ1) is 25.2. The maximum atomic E-state index is 12.1. The molecule has 9 nitrogen and oxygen atoms in total. The Labute approximate surface area is 179 Å². The van der Waals surface area contributed by atoms with E-state index in [4.69, 9.17) is 18.9 Å². The van der Waals surface area contributed by atoms with Crippen molar-refractivity contribution in [2.75, 3.05) is 40.2 Å². The first-order chi connectivity index (χ1) is 14.2. The van der Waals surface area contributed by atoms with Gasteiger partial charge in [-0.3, -0.25) is 4.99 Å². The second kappa shape index (κ2) is 12.0. The highest BCUT2D eigenvalue weighted by Crippen LogP contribution is 2.39. The van der Waals surface area contributed by atoms with E-state index in [1.807, 2.05) is 20.8 Å². The molecule has 0 aliphatic rings. The van der Waals surface area contributed by atoms with Crippen LogP contribution in [0.4, 0.5) is 10.5 Å². The molecule has 0 saturated heterocycles. The van der Waals surface area contributed by atoms with Crippen molar-refractivity contribution in [3.8, 4) is 17.2 Å². The van der Waals surface area contributed by atoms with Gasteiger partial charge in [0.25, 0.3) is 0 Å². The fourth-order valence-corrected chi connectivity index (χ4v) is 2.74. The molecule has 170 valence electrons. The summed E-state index contributed by atoms with van der Waals surface area (Å²) in [5, 5.41) is 9.33. The number of methoxy groups -OCH3 is 3. The first-order valence-corrected chi connectivity index (χ1v) is 9.94. The molecule has 3 N–H and O–H groups in total. The number of hydrogen-bond acceptors (Lipinski definition) is 6. The SMILES string of the molecule is CCCC(CNC(=NC)Nc1cc(OC)c(OC)c(OC)c1)NC(=O)OC(C)(C)C. The highest BCUT2D eigenvalue weighted by molar-refractivity contribution is 5.94. The lowest BCUT2D eigenvalue weighted by Crippen LogP contribution is -2.46.